The molecule has 0 N–H and O–H groups in total. The first-order valence-electron chi connectivity index (χ1n) is 42.4. The topological polar surface area (TPSA) is 0 Å². The molecule has 0 radical (unpaired) electrons. The van der Waals surface area contributed by atoms with Crippen LogP contribution in [0.25, 0.3) is 154 Å². The van der Waals surface area contributed by atoms with E-state index >= 15 is 0 Å². The van der Waals surface area contributed by atoms with Gasteiger partial charge in [-0.25, -0.2) is 0 Å². The SMILES string of the molecule is CC(C)(C)c1ccc(-c2c3cc(C(C)(C)C)ccc3c(-c3ccccc3)c3c(-c4ccc(C(C)(C)C)cc4)c4cc(C(C)(C)C)ccc4c(-c4ccccc4)c23)cc1.CC(C)(C)c1ccc(-c2c3ccc(C(C)(C)C)cc3c(-c3ccccc3)c3c(-c4ccc(C(C)(C)C)cc4)c4ccc(C(C)(C)C)cc4c(-c4ccccc4)c23)cc1. The summed E-state index contributed by atoms with van der Waals surface area (Å²) in [6, 6.07) is 112. The Morgan fingerprint density at radius 3 is 0.397 bits per heavy atom. The molecule has 16 rings (SSSR count). The third-order valence-electron chi connectivity index (χ3n) is 24.6. The molecular weight excluding hydrogens is 1390 g/mol. The van der Waals surface area contributed by atoms with Gasteiger partial charge in [0.25, 0.3) is 0 Å². The van der Waals surface area contributed by atoms with Gasteiger partial charge in [-0.05, 0) is 266 Å². The largest absolute Gasteiger partial charge is 0.0622 e. The van der Waals surface area contributed by atoms with Crippen molar-refractivity contribution in [1.29, 1.82) is 0 Å². The van der Waals surface area contributed by atoms with Crippen LogP contribution in [-0.2, 0) is 43.3 Å². The molecule has 0 aliphatic rings. The molecule has 116 heavy (non-hydrogen) atoms. The highest BCUT2D eigenvalue weighted by Gasteiger charge is 2.33. The molecule has 0 spiro atoms. The van der Waals surface area contributed by atoms with Crippen molar-refractivity contribution >= 4 is 64.6 Å². The van der Waals surface area contributed by atoms with E-state index in [1.165, 1.54) is 198 Å². The second-order valence-electron chi connectivity index (χ2n) is 41.3. The van der Waals surface area contributed by atoms with Crippen LogP contribution >= 0.6 is 0 Å². The number of rotatable bonds is 8. The van der Waals surface area contributed by atoms with Crippen LogP contribution in [-0.4, -0.2) is 0 Å². The van der Waals surface area contributed by atoms with Gasteiger partial charge < -0.3 is 0 Å². The van der Waals surface area contributed by atoms with E-state index in [-0.39, 0.29) is 43.3 Å². The van der Waals surface area contributed by atoms with E-state index in [0.29, 0.717) is 0 Å². The van der Waals surface area contributed by atoms with Gasteiger partial charge in [-0.15, -0.1) is 0 Å². The molecule has 0 saturated heterocycles. The number of hydrogen-bond donors (Lipinski definition) is 0. The zero-order chi connectivity index (χ0) is 82.7. The fourth-order valence-electron chi connectivity index (χ4n) is 17.7. The number of hydrogen-bond acceptors (Lipinski definition) is 0. The van der Waals surface area contributed by atoms with Crippen LogP contribution in [0.1, 0.15) is 211 Å². The van der Waals surface area contributed by atoms with E-state index in [4.69, 9.17) is 0 Å². The Hall–Kier alpha value is -10.9. The zero-order valence-electron chi connectivity index (χ0n) is 73.7. The van der Waals surface area contributed by atoms with Gasteiger partial charge in [0.1, 0.15) is 0 Å². The Kier molecular flexibility index (Phi) is 20.5. The van der Waals surface area contributed by atoms with Crippen LogP contribution in [0.3, 0.4) is 0 Å². The van der Waals surface area contributed by atoms with Crippen molar-refractivity contribution in [2.24, 2.45) is 0 Å². The lowest BCUT2D eigenvalue weighted by atomic mass is 9.75. The quantitative estimate of drug-likeness (QED) is 0.133. The minimum atomic E-state index is -0.0294. The van der Waals surface area contributed by atoms with E-state index in [2.05, 4.69) is 457 Å². The van der Waals surface area contributed by atoms with Crippen molar-refractivity contribution in [3.05, 3.63) is 336 Å². The minimum Gasteiger partial charge on any atom is -0.0622 e. The lowest BCUT2D eigenvalue weighted by Gasteiger charge is -2.28. The Labute approximate surface area is 694 Å². The normalized spacial score (nSPS) is 12.8. The molecule has 0 nitrogen and oxygen atoms in total. The fraction of sp³-hybridized carbons (Fsp3) is 0.276. The van der Waals surface area contributed by atoms with E-state index in [9.17, 15) is 0 Å². The Morgan fingerprint density at radius 1 is 0.121 bits per heavy atom. The molecule has 0 unspecified atom stereocenters. The lowest BCUT2D eigenvalue weighted by molar-refractivity contribution is 0.590. The molecule has 0 aliphatic heterocycles. The minimum absolute atomic E-state index is 0.0286. The maximum absolute atomic E-state index is 2.51. The molecule has 0 aliphatic carbocycles. The summed E-state index contributed by atoms with van der Waals surface area (Å²) in [7, 11) is 0. The third kappa shape index (κ3) is 15.3. The van der Waals surface area contributed by atoms with Gasteiger partial charge in [-0.2, -0.15) is 0 Å². The van der Waals surface area contributed by atoms with E-state index in [0.717, 1.165) is 0 Å². The highest BCUT2D eigenvalue weighted by molar-refractivity contribution is 6.36. The van der Waals surface area contributed by atoms with Crippen LogP contribution in [0.4, 0.5) is 0 Å². The average Bonchev–Trinajstić information content (AvgIpc) is 0.698. The van der Waals surface area contributed by atoms with Crippen LogP contribution in [0.5, 0.6) is 0 Å². The summed E-state index contributed by atoms with van der Waals surface area (Å²) in [5.41, 5.74) is 31.0. The molecule has 0 fully saturated rings. The van der Waals surface area contributed by atoms with Gasteiger partial charge in [0, 0.05) is 0 Å². The number of benzene rings is 16. The average molecular weight is 1510 g/mol. The van der Waals surface area contributed by atoms with Crippen LogP contribution < -0.4 is 0 Å². The molecule has 16 aromatic carbocycles. The summed E-state index contributed by atoms with van der Waals surface area (Å²) in [5.74, 6) is 0. The maximum atomic E-state index is 2.51. The summed E-state index contributed by atoms with van der Waals surface area (Å²) in [6.45, 7) is 55.7. The van der Waals surface area contributed by atoms with E-state index in [1.807, 2.05) is 0 Å². The molecule has 16 aromatic rings. The van der Waals surface area contributed by atoms with Crippen LogP contribution in [0.15, 0.2) is 291 Å². The molecule has 0 heteroatoms. The third-order valence-corrected chi connectivity index (χ3v) is 24.6. The van der Waals surface area contributed by atoms with Crippen molar-refractivity contribution in [3.8, 4) is 89.0 Å². The highest BCUT2D eigenvalue weighted by Crippen LogP contribution is 2.58. The van der Waals surface area contributed by atoms with Crippen molar-refractivity contribution in [2.75, 3.05) is 0 Å². The van der Waals surface area contributed by atoms with Gasteiger partial charge in [0.2, 0.25) is 0 Å². The summed E-state index contributed by atoms with van der Waals surface area (Å²) in [4.78, 5) is 0. The molecule has 0 saturated carbocycles. The van der Waals surface area contributed by atoms with Gasteiger partial charge >= 0.3 is 0 Å². The van der Waals surface area contributed by atoms with Crippen molar-refractivity contribution in [3.63, 3.8) is 0 Å². The first-order valence-corrected chi connectivity index (χ1v) is 42.4. The van der Waals surface area contributed by atoms with Gasteiger partial charge in [-0.1, -0.05) is 433 Å². The first-order chi connectivity index (χ1) is 54.6. The summed E-state index contributed by atoms with van der Waals surface area (Å²) >= 11 is 0. The van der Waals surface area contributed by atoms with Crippen molar-refractivity contribution in [2.45, 2.75) is 209 Å². The highest BCUT2D eigenvalue weighted by atomic mass is 14.4. The standard InChI is InChI=1S/2C58H60/c1-55(2,3)41-27-23-39(24-28-41)49-45-33-31-43(57(7,8)9)35-47(45)52(38-21-17-14-18-22-38)54-50(40-25-29-42(30-26-40)56(4,5)6)46-34-32-44(58(10,11)12)36-48(46)51(53(49)54)37-19-15-13-16-20-37;1-55(2,3)41-27-23-39(24-28-41)51-47-35-43(57(7,8)9)31-33-45(47)50(38-21-17-14-18-22-38)54-52(40-25-29-42(30-26-40)56(4,5)6)48-36-44(58(10,11)12)32-34-46(48)49(53(51)54)37-19-15-13-16-20-37/h2*13-36H,1-12H3. The maximum Gasteiger partial charge on any atom is -0.000139 e. The predicted octanol–water partition coefficient (Wildman–Crippen LogP) is 34.0. The van der Waals surface area contributed by atoms with E-state index < -0.39 is 0 Å². The Balaban J connectivity index is 0.000000182. The molecule has 584 valence electrons. The molecule has 0 atom stereocenters. The Morgan fingerprint density at radius 2 is 0.250 bits per heavy atom. The summed E-state index contributed by atoms with van der Waals surface area (Å²) < 4.78 is 0. The second kappa shape index (κ2) is 29.7. The van der Waals surface area contributed by atoms with Gasteiger partial charge in [-0.3, -0.25) is 0 Å². The smallest absolute Gasteiger partial charge is 0.000139 e. The molecule has 0 aromatic heterocycles. The first kappa shape index (κ1) is 80.3. The molecule has 0 bridgehead atoms. The second-order valence-corrected chi connectivity index (χ2v) is 41.3. The molecule has 0 heterocycles. The number of fused-ring (bicyclic) bond motifs is 6. The lowest BCUT2D eigenvalue weighted by Crippen LogP contribution is -2.11. The molecular formula is C116H120. The van der Waals surface area contributed by atoms with Gasteiger partial charge in [0.15, 0.2) is 0 Å². The summed E-state index contributed by atoms with van der Waals surface area (Å²) in [5, 5.41) is 15.5. The fourth-order valence-corrected chi connectivity index (χ4v) is 17.7. The zero-order valence-corrected chi connectivity index (χ0v) is 73.7. The van der Waals surface area contributed by atoms with Crippen LogP contribution in [0.2, 0.25) is 0 Å². The van der Waals surface area contributed by atoms with Gasteiger partial charge in [0.05, 0.1) is 0 Å². The predicted molar refractivity (Wildman–Crippen MR) is 511 cm³/mol. The van der Waals surface area contributed by atoms with Crippen molar-refractivity contribution < 1.29 is 0 Å². The molecule has 0 amide bonds. The summed E-state index contributed by atoms with van der Waals surface area (Å²) in [6.07, 6.45) is 0. The van der Waals surface area contributed by atoms with Crippen molar-refractivity contribution in [1.82, 2.24) is 0 Å². The monoisotopic (exact) mass is 1510 g/mol. The Bertz CT molecular complexity index is 5970. The van der Waals surface area contributed by atoms with E-state index in [1.54, 1.807) is 0 Å². The van der Waals surface area contributed by atoms with Crippen LogP contribution in [0, 0.1) is 0 Å².